The van der Waals surface area contributed by atoms with Crippen LogP contribution < -0.4 is 5.43 Å². The maximum atomic E-state index is 11.0. The van der Waals surface area contributed by atoms with E-state index in [1.165, 1.54) is 12.1 Å². The lowest BCUT2D eigenvalue weighted by molar-refractivity contribution is -0.393. The molecule has 0 aliphatic carbocycles. The highest BCUT2D eigenvalue weighted by Gasteiger charge is 2.34. The SMILES string of the molecule is O=[N+]([O-])c1ccc(N/N=C2\CCC3CCC2O3)c([N+](=O)[O-])c1. The minimum Gasteiger partial charge on any atom is -0.369 e. The summed E-state index contributed by atoms with van der Waals surface area (Å²) in [4.78, 5) is 20.4. The van der Waals surface area contributed by atoms with Crippen molar-refractivity contribution in [3.05, 3.63) is 38.4 Å². The fourth-order valence-electron chi connectivity index (χ4n) is 2.77. The van der Waals surface area contributed by atoms with Crippen molar-refractivity contribution in [2.45, 2.75) is 37.9 Å². The Bertz CT molecular complexity index is 660. The van der Waals surface area contributed by atoms with Crippen LogP contribution in [0, 0.1) is 20.2 Å². The lowest BCUT2D eigenvalue weighted by Crippen LogP contribution is -2.28. The highest BCUT2D eigenvalue weighted by molar-refractivity contribution is 5.90. The van der Waals surface area contributed by atoms with Gasteiger partial charge in [0.05, 0.1) is 33.8 Å². The number of nitro benzene ring substituents is 2. The van der Waals surface area contributed by atoms with E-state index in [0.717, 1.165) is 37.5 Å². The zero-order valence-electron chi connectivity index (χ0n) is 11.6. The van der Waals surface area contributed by atoms with Crippen LogP contribution in [0.25, 0.3) is 0 Å². The minimum atomic E-state index is -0.670. The van der Waals surface area contributed by atoms with Gasteiger partial charge in [-0.25, -0.2) is 0 Å². The van der Waals surface area contributed by atoms with Crippen LogP contribution in [0.1, 0.15) is 25.7 Å². The fraction of sp³-hybridized carbons (Fsp3) is 0.462. The topological polar surface area (TPSA) is 120 Å². The van der Waals surface area contributed by atoms with Gasteiger partial charge in [-0.1, -0.05) is 0 Å². The Morgan fingerprint density at radius 1 is 1.18 bits per heavy atom. The second kappa shape index (κ2) is 5.68. The molecule has 1 aromatic carbocycles. The number of hydrogen-bond donors (Lipinski definition) is 1. The summed E-state index contributed by atoms with van der Waals surface area (Å²) in [5.41, 5.74) is 2.92. The molecule has 2 bridgehead atoms. The van der Waals surface area contributed by atoms with Crippen LogP contribution in [0.2, 0.25) is 0 Å². The van der Waals surface area contributed by atoms with Crippen LogP contribution in [0.15, 0.2) is 23.3 Å². The van der Waals surface area contributed by atoms with Gasteiger partial charge in [0.25, 0.3) is 5.69 Å². The van der Waals surface area contributed by atoms with Crippen molar-refractivity contribution in [1.82, 2.24) is 0 Å². The summed E-state index contributed by atoms with van der Waals surface area (Å²) in [6.45, 7) is 0. The smallest absolute Gasteiger partial charge is 0.301 e. The molecule has 0 radical (unpaired) electrons. The normalized spacial score (nSPS) is 25.2. The zero-order chi connectivity index (χ0) is 15.7. The summed E-state index contributed by atoms with van der Waals surface area (Å²) in [6.07, 6.45) is 3.90. The predicted molar refractivity (Wildman–Crippen MR) is 77.9 cm³/mol. The molecule has 2 saturated heterocycles. The van der Waals surface area contributed by atoms with Crippen molar-refractivity contribution in [3.63, 3.8) is 0 Å². The van der Waals surface area contributed by atoms with Crippen molar-refractivity contribution in [2.24, 2.45) is 5.10 Å². The molecular formula is C13H14N4O5. The third-order valence-corrected chi connectivity index (χ3v) is 3.91. The summed E-state index contributed by atoms with van der Waals surface area (Å²) in [5.74, 6) is 0. The molecule has 2 fully saturated rings. The van der Waals surface area contributed by atoms with Gasteiger partial charge >= 0.3 is 5.69 Å². The van der Waals surface area contributed by atoms with Gasteiger partial charge in [0.1, 0.15) is 5.69 Å². The largest absolute Gasteiger partial charge is 0.369 e. The molecule has 0 saturated carbocycles. The summed E-state index contributed by atoms with van der Waals surface area (Å²) < 4.78 is 5.73. The molecule has 9 heteroatoms. The van der Waals surface area contributed by atoms with Gasteiger partial charge in [0.15, 0.2) is 0 Å². The molecule has 2 aliphatic heterocycles. The number of nitrogens with one attached hydrogen (secondary N) is 1. The first kappa shape index (κ1) is 14.4. The maximum Gasteiger partial charge on any atom is 0.301 e. The van der Waals surface area contributed by atoms with Gasteiger partial charge in [-0.05, 0) is 31.7 Å². The number of nitrogens with zero attached hydrogens (tertiary/aromatic N) is 3. The van der Waals surface area contributed by atoms with Crippen molar-refractivity contribution < 1.29 is 14.6 Å². The van der Waals surface area contributed by atoms with E-state index >= 15 is 0 Å². The fourth-order valence-corrected chi connectivity index (χ4v) is 2.77. The van der Waals surface area contributed by atoms with Crippen molar-refractivity contribution in [2.75, 3.05) is 5.43 Å². The van der Waals surface area contributed by atoms with E-state index in [2.05, 4.69) is 10.5 Å². The van der Waals surface area contributed by atoms with Gasteiger partial charge in [-0.15, -0.1) is 0 Å². The number of hydrogen-bond acceptors (Lipinski definition) is 7. The monoisotopic (exact) mass is 306 g/mol. The number of benzene rings is 1. The Balaban J connectivity index is 1.82. The molecule has 2 unspecified atom stereocenters. The quantitative estimate of drug-likeness (QED) is 0.674. The van der Waals surface area contributed by atoms with Crippen molar-refractivity contribution in [3.8, 4) is 0 Å². The average Bonchev–Trinajstić information content (AvgIpc) is 2.88. The molecule has 0 spiro atoms. The van der Waals surface area contributed by atoms with Gasteiger partial charge in [0, 0.05) is 6.07 Å². The maximum absolute atomic E-state index is 11.0. The molecule has 2 atom stereocenters. The molecule has 116 valence electrons. The lowest BCUT2D eigenvalue weighted by Gasteiger charge is -2.21. The lowest BCUT2D eigenvalue weighted by atomic mass is 10.1. The van der Waals surface area contributed by atoms with E-state index in [4.69, 9.17) is 4.74 Å². The summed E-state index contributed by atoms with van der Waals surface area (Å²) >= 11 is 0. The van der Waals surface area contributed by atoms with Crippen LogP contribution >= 0.6 is 0 Å². The number of hydrazone groups is 1. The third-order valence-electron chi connectivity index (χ3n) is 3.91. The van der Waals surface area contributed by atoms with E-state index in [1.54, 1.807) is 0 Å². The Morgan fingerprint density at radius 2 is 2.00 bits per heavy atom. The number of anilines is 1. The molecule has 0 aromatic heterocycles. The standard InChI is InChI=1S/C13H14N4O5/c18-16(19)8-1-4-10(12(7-8)17(20)21)14-15-11-5-2-9-3-6-13(11)22-9/h1,4,7,9,13-14H,2-3,5-6H2/b15-11+. The van der Waals surface area contributed by atoms with E-state index < -0.39 is 9.85 Å². The van der Waals surface area contributed by atoms with Crippen LogP contribution in [0.5, 0.6) is 0 Å². The molecule has 1 N–H and O–H groups in total. The predicted octanol–water partition coefficient (Wildman–Crippen LogP) is 2.61. The molecule has 9 nitrogen and oxygen atoms in total. The molecule has 0 amide bonds. The summed E-state index contributed by atoms with van der Waals surface area (Å²) in [5, 5.41) is 26.0. The van der Waals surface area contributed by atoms with E-state index in [-0.39, 0.29) is 23.2 Å². The number of non-ortho nitro benzene ring substituents is 1. The molecular weight excluding hydrogens is 292 g/mol. The molecule has 2 aliphatic rings. The van der Waals surface area contributed by atoms with Crippen molar-refractivity contribution in [1.29, 1.82) is 0 Å². The summed E-state index contributed by atoms with van der Waals surface area (Å²) in [7, 11) is 0. The third kappa shape index (κ3) is 2.75. The highest BCUT2D eigenvalue weighted by Crippen LogP contribution is 2.32. The molecule has 22 heavy (non-hydrogen) atoms. The Labute approximate surface area is 125 Å². The molecule has 1 aromatic rings. The van der Waals surface area contributed by atoms with Crippen LogP contribution in [0.4, 0.5) is 17.1 Å². The Morgan fingerprint density at radius 3 is 2.73 bits per heavy atom. The van der Waals surface area contributed by atoms with Gasteiger partial charge in [0.2, 0.25) is 0 Å². The number of rotatable bonds is 4. The second-order valence-electron chi connectivity index (χ2n) is 5.29. The Hall–Kier alpha value is -2.55. The molecule has 3 rings (SSSR count). The number of nitro groups is 2. The van der Waals surface area contributed by atoms with Crippen LogP contribution in [-0.2, 0) is 4.74 Å². The average molecular weight is 306 g/mol. The second-order valence-corrected chi connectivity index (χ2v) is 5.29. The van der Waals surface area contributed by atoms with Crippen LogP contribution in [0.3, 0.4) is 0 Å². The van der Waals surface area contributed by atoms with Crippen LogP contribution in [-0.4, -0.2) is 27.8 Å². The Kier molecular flexibility index (Phi) is 3.72. The molecule has 2 heterocycles. The minimum absolute atomic E-state index is 0.0247. The van der Waals surface area contributed by atoms with E-state index in [1.807, 2.05) is 0 Å². The number of ether oxygens (including phenoxy) is 1. The summed E-state index contributed by atoms with van der Waals surface area (Å²) in [6, 6.07) is 3.42. The number of fused-ring (bicyclic) bond motifs is 2. The van der Waals surface area contributed by atoms with E-state index in [9.17, 15) is 20.2 Å². The van der Waals surface area contributed by atoms with Gasteiger partial charge in [-0.3, -0.25) is 25.7 Å². The van der Waals surface area contributed by atoms with Gasteiger partial charge < -0.3 is 4.74 Å². The zero-order valence-corrected chi connectivity index (χ0v) is 11.6. The first-order valence-electron chi connectivity index (χ1n) is 6.95. The first-order valence-corrected chi connectivity index (χ1v) is 6.95. The van der Waals surface area contributed by atoms with E-state index in [0.29, 0.717) is 6.10 Å². The van der Waals surface area contributed by atoms with Gasteiger partial charge in [-0.2, -0.15) is 5.10 Å². The first-order chi connectivity index (χ1) is 10.5. The van der Waals surface area contributed by atoms with Crippen molar-refractivity contribution >= 4 is 22.8 Å². The highest BCUT2D eigenvalue weighted by atomic mass is 16.6.